The average Bonchev–Trinajstić information content (AvgIpc) is 2.53. The predicted octanol–water partition coefficient (Wildman–Crippen LogP) is 1.68. The molecule has 1 aromatic rings. The van der Waals surface area contributed by atoms with Crippen LogP contribution >= 0.6 is 11.6 Å². The molecule has 0 aromatic heterocycles. The van der Waals surface area contributed by atoms with Gasteiger partial charge in [0.15, 0.2) is 0 Å². The van der Waals surface area contributed by atoms with Gasteiger partial charge in [0, 0.05) is 19.1 Å². The fourth-order valence-corrected chi connectivity index (χ4v) is 1.79. The van der Waals surface area contributed by atoms with Crippen LogP contribution < -0.4 is 5.32 Å². The van der Waals surface area contributed by atoms with E-state index in [1.807, 2.05) is 0 Å². The topological polar surface area (TPSA) is 84.9 Å². The van der Waals surface area contributed by atoms with E-state index in [-0.39, 0.29) is 17.2 Å². The zero-order chi connectivity index (χ0) is 17.6. The van der Waals surface area contributed by atoms with Crippen LogP contribution in [-0.4, -0.2) is 51.1 Å². The Bertz CT molecular complexity index is 655. The number of ether oxygens (including phenoxy) is 2. The summed E-state index contributed by atoms with van der Waals surface area (Å²) >= 11 is 5.92. The van der Waals surface area contributed by atoms with Crippen LogP contribution in [0.2, 0.25) is 5.02 Å². The maximum absolute atomic E-state index is 12.2. The molecule has 0 aliphatic heterocycles. The number of carbonyl (C=O) groups excluding carboxylic acids is 3. The molecule has 0 atom stereocenters. The van der Waals surface area contributed by atoms with Crippen LogP contribution in [0.3, 0.4) is 0 Å². The third-order valence-electron chi connectivity index (χ3n) is 2.76. The van der Waals surface area contributed by atoms with Crippen molar-refractivity contribution < 1.29 is 23.9 Å². The Labute approximate surface area is 138 Å². The van der Waals surface area contributed by atoms with Crippen molar-refractivity contribution in [3.63, 3.8) is 0 Å². The number of nitrogens with zero attached hydrogens (tertiary/aromatic N) is 1. The van der Waals surface area contributed by atoms with E-state index in [2.05, 4.69) is 14.8 Å². The third kappa shape index (κ3) is 5.00. The second kappa shape index (κ2) is 8.19. The Hall–Kier alpha value is -2.54. The van der Waals surface area contributed by atoms with Crippen molar-refractivity contribution in [3.05, 3.63) is 40.6 Å². The highest BCUT2D eigenvalue weighted by molar-refractivity contribution is 6.31. The molecule has 1 aromatic carbocycles. The van der Waals surface area contributed by atoms with Crippen molar-refractivity contribution in [2.45, 2.75) is 0 Å². The first-order valence-corrected chi connectivity index (χ1v) is 6.84. The normalized spacial score (nSPS) is 10.7. The minimum absolute atomic E-state index is 0.172. The molecule has 1 amide bonds. The van der Waals surface area contributed by atoms with E-state index < -0.39 is 11.9 Å². The summed E-state index contributed by atoms with van der Waals surface area (Å²) in [5, 5.41) is 3.06. The van der Waals surface area contributed by atoms with Crippen molar-refractivity contribution in [2.75, 3.05) is 33.6 Å². The van der Waals surface area contributed by atoms with Gasteiger partial charge in [0.25, 0.3) is 5.91 Å². The molecule has 0 aliphatic carbocycles. The van der Waals surface area contributed by atoms with Gasteiger partial charge in [-0.2, -0.15) is 0 Å². The number of carbonyl (C=O) groups is 3. The smallest absolute Gasteiger partial charge is 0.354 e. The molecule has 0 radical (unpaired) electrons. The van der Waals surface area contributed by atoms with E-state index in [4.69, 9.17) is 11.6 Å². The van der Waals surface area contributed by atoms with E-state index in [0.717, 1.165) is 6.08 Å². The minimum atomic E-state index is -0.784. The summed E-state index contributed by atoms with van der Waals surface area (Å²) in [4.78, 5) is 36.7. The third-order valence-corrected chi connectivity index (χ3v) is 2.99. The van der Waals surface area contributed by atoms with Crippen LogP contribution in [0.25, 0.3) is 0 Å². The maximum Gasteiger partial charge on any atom is 0.354 e. The highest BCUT2D eigenvalue weighted by Gasteiger charge is 2.18. The lowest BCUT2D eigenvalue weighted by atomic mass is 10.1. The van der Waals surface area contributed by atoms with E-state index in [0.29, 0.717) is 10.7 Å². The van der Waals surface area contributed by atoms with E-state index >= 15 is 0 Å². The molecule has 124 valence electrons. The van der Waals surface area contributed by atoms with Gasteiger partial charge in [-0.25, -0.2) is 9.59 Å². The number of amides is 1. The molecule has 0 fully saturated rings. The SMILES string of the molecule is COC(=O)/C=C(/Nc1ccc(Cl)cc1C(=O)N(C)C)C(=O)OC. The van der Waals surface area contributed by atoms with Gasteiger partial charge in [-0.1, -0.05) is 11.6 Å². The summed E-state index contributed by atoms with van der Waals surface area (Å²) in [6.45, 7) is 0. The quantitative estimate of drug-likeness (QED) is 0.648. The molecule has 0 unspecified atom stereocenters. The molecule has 0 heterocycles. The molecule has 0 aliphatic rings. The molecule has 7 nitrogen and oxygen atoms in total. The summed E-state index contributed by atoms with van der Waals surface area (Å²) in [5.74, 6) is -1.85. The second-order valence-electron chi connectivity index (χ2n) is 4.59. The Morgan fingerprint density at radius 1 is 1.17 bits per heavy atom. The van der Waals surface area contributed by atoms with Crippen LogP contribution in [0, 0.1) is 0 Å². The number of nitrogens with one attached hydrogen (secondary N) is 1. The monoisotopic (exact) mass is 340 g/mol. The van der Waals surface area contributed by atoms with Crippen LogP contribution in [0.15, 0.2) is 30.0 Å². The molecule has 23 heavy (non-hydrogen) atoms. The molecule has 0 spiro atoms. The minimum Gasteiger partial charge on any atom is -0.466 e. The van der Waals surface area contributed by atoms with E-state index in [1.165, 1.54) is 31.3 Å². The standard InChI is InChI=1S/C15H17ClN2O5/c1-18(2)14(20)10-7-9(16)5-6-11(10)17-12(15(21)23-4)8-13(19)22-3/h5-8,17H,1-4H3/b12-8+. The fraction of sp³-hybridized carbons (Fsp3) is 0.267. The molecule has 0 saturated heterocycles. The Balaban J connectivity index is 3.28. The molecule has 8 heteroatoms. The molecule has 0 bridgehead atoms. The summed E-state index contributed by atoms with van der Waals surface area (Å²) in [6.07, 6.45) is 0.935. The van der Waals surface area contributed by atoms with Gasteiger partial charge in [0.1, 0.15) is 5.70 Å². The lowest BCUT2D eigenvalue weighted by Crippen LogP contribution is -2.24. The van der Waals surface area contributed by atoms with Crippen molar-refractivity contribution in [3.8, 4) is 0 Å². The first-order chi connectivity index (χ1) is 10.8. The number of benzene rings is 1. The molecule has 1 N–H and O–H groups in total. The summed E-state index contributed by atoms with van der Waals surface area (Å²) in [5.41, 5.74) is 0.366. The summed E-state index contributed by atoms with van der Waals surface area (Å²) in [6, 6.07) is 4.52. The Morgan fingerprint density at radius 2 is 1.83 bits per heavy atom. The van der Waals surface area contributed by atoms with Crippen LogP contribution in [-0.2, 0) is 19.1 Å². The summed E-state index contributed by atoms with van der Waals surface area (Å²) < 4.78 is 9.09. The number of hydrogen-bond acceptors (Lipinski definition) is 6. The van der Waals surface area contributed by atoms with Crippen LogP contribution in [0.1, 0.15) is 10.4 Å². The van der Waals surface area contributed by atoms with Gasteiger partial charge in [-0.05, 0) is 18.2 Å². The first-order valence-electron chi connectivity index (χ1n) is 6.46. The highest BCUT2D eigenvalue weighted by atomic mass is 35.5. The van der Waals surface area contributed by atoms with Crippen molar-refractivity contribution in [2.24, 2.45) is 0 Å². The Kier molecular flexibility index (Phi) is 6.59. The zero-order valence-electron chi connectivity index (χ0n) is 13.2. The van der Waals surface area contributed by atoms with Gasteiger partial charge in [0.05, 0.1) is 31.5 Å². The fourth-order valence-electron chi connectivity index (χ4n) is 1.62. The number of esters is 2. The molecule has 0 saturated carbocycles. The van der Waals surface area contributed by atoms with E-state index in [1.54, 1.807) is 20.2 Å². The molecular weight excluding hydrogens is 324 g/mol. The molecule has 1 rings (SSSR count). The van der Waals surface area contributed by atoms with Gasteiger partial charge in [0.2, 0.25) is 0 Å². The first kappa shape index (κ1) is 18.5. The Morgan fingerprint density at radius 3 is 2.35 bits per heavy atom. The number of halogens is 1. The predicted molar refractivity (Wildman–Crippen MR) is 85.2 cm³/mol. The zero-order valence-corrected chi connectivity index (χ0v) is 13.9. The largest absolute Gasteiger partial charge is 0.466 e. The lowest BCUT2D eigenvalue weighted by molar-refractivity contribution is -0.138. The van der Waals surface area contributed by atoms with Crippen molar-refractivity contribution in [1.82, 2.24) is 4.90 Å². The van der Waals surface area contributed by atoms with Crippen molar-refractivity contribution >= 4 is 35.1 Å². The van der Waals surface area contributed by atoms with Gasteiger partial charge < -0.3 is 19.7 Å². The number of hydrogen-bond donors (Lipinski definition) is 1. The highest BCUT2D eigenvalue weighted by Crippen LogP contribution is 2.23. The number of anilines is 1. The number of methoxy groups -OCH3 is 2. The number of rotatable bonds is 5. The van der Waals surface area contributed by atoms with E-state index in [9.17, 15) is 14.4 Å². The van der Waals surface area contributed by atoms with Gasteiger partial charge in [-0.15, -0.1) is 0 Å². The average molecular weight is 341 g/mol. The molecular formula is C15H17ClN2O5. The van der Waals surface area contributed by atoms with Gasteiger partial charge >= 0.3 is 11.9 Å². The van der Waals surface area contributed by atoms with Gasteiger partial charge in [-0.3, -0.25) is 4.79 Å². The maximum atomic E-state index is 12.2. The lowest BCUT2D eigenvalue weighted by Gasteiger charge is -2.16. The summed E-state index contributed by atoms with van der Waals surface area (Å²) in [7, 11) is 5.51. The van der Waals surface area contributed by atoms with Crippen molar-refractivity contribution in [1.29, 1.82) is 0 Å². The second-order valence-corrected chi connectivity index (χ2v) is 5.02. The van der Waals surface area contributed by atoms with Crippen LogP contribution in [0.5, 0.6) is 0 Å². The van der Waals surface area contributed by atoms with Crippen LogP contribution in [0.4, 0.5) is 5.69 Å².